The highest BCUT2D eigenvalue weighted by atomic mass is 16.4. The summed E-state index contributed by atoms with van der Waals surface area (Å²) >= 11 is 0. The highest BCUT2D eigenvalue weighted by Crippen LogP contribution is 2.14. The molecule has 1 aromatic carbocycles. The second-order valence-corrected chi connectivity index (χ2v) is 4.44. The quantitative estimate of drug-likeness (QED) is 0.634. The zero-order chi connectivity index (χ0) is 15.0. The summed E-state index contributed by atoms with van der Waals surface area (Å²) in [5.74, 6) is -1.24. The molecule has 0 aliphatic rings. The van der Waals surface area contributed by atoms with E-state index >= 15 is 0 Å². The van der Waals surface area contributed by atoms with Crippen LogP contribution in [0.1, 0.15) is 15.9 Å². The molecule has 8 heteroatoms. The van der Waals surface area contributed by atoms with Crippen LogP contribution in [0.3, 0.4) is 0 Å². The Balaban J connectivity index is 1.89. The van der Waals surface area contributed by atoms with Gasteiger partial charge in [-0.15, -0.1) is 0 Å². The van der Waals surface area contributed by atoms with Gasteiger partial charge in [0.05, 0.1) is 6.54 Å². The molecule has 106 valence electrons. The Morgan fingerprint density at radius 1 is 1.19 bits per heavy atom. The van der Waals surface area contributed by atoms with Crippen molar-refractivity contribution >= 4 is 11.8 Å². The molecule has 0 spiro atoms. The summed E-state index contributed by atoms with van der Waals surface area (Å²) in [5, 5.41) is 13.2. The van der Waals surface area contributed by atoms with Gasteiger partial charge in [0, 0.05) is 6.20 Å². The molecule has 0 bridgehead atoms. The van der Waals surface area contributed by atoms with E-state index in [1.165, 1.54) is 10.9 Å². The number of rotatable bonds is 5. The Labute approximate surface area is 117 Å². The molecule has 3 rings (SSSR count). The highest BCUT2D eigenvalue weighted by Gasteiger charge is 2.22. The number of nitrogens with one attached hydrogen (secondary N) is 1. The molecule has 0 saturated heterocycles. The van der Waals surface area contributed by atoms with E-state index in [4.69, 9.17) is 5.11 Å². The van der Waals surface area contributed by atoms with Gasteiger partial charge in [-0.1, -0.05) is 30.3 Å². The summed E-state index contributed by atoms with van der Waals surface area (Å²) in [6.45, 7) is 0.380. The second kappa shape index (κ2) is 4.75. The second-order valence-electron chi connectivity index (χ2n) is 4.44. The van der Waals surface area contributed by atoms with Gasteiger partial charge < -0.3 is 5.11 Å². The molecule has 0 unspecified atom stereocenters. The maximum Gasteiger partial charge on any atom is 0.341 e. The summed E-state index contributed by atoms with van der Waals surface area (Å²) in [7, 11) is 0. The van der Waals surface area contributed by atoms with Crippen LogP contribution in [0.4, 0.5) is 5.82 Å². The molecule has 0 saturated carbocycles. The number of anilines is 1. The van der Waals surface area contributed by atoms with Crippen LogP contribution in [-0.4, -0.2) is 25.5 Å². The molecular formula is C13H10N4O4. The van der Waals surface area contributed by atoms with E-state index in [0.29, 0.717) is 11.2 Å². The predicted octanol–water partition coefficient (Wildman–Crippen LogP) is -0.0977. The molecule has 0 fully saturated rings. The zero-order valence-electron chi connectivity index (χ0n) is 10.7. The Hall–Kier alpha value is -3.16. The molecule has 0 aliphatic heterocycles. The average molecular weight is 286 g/mol. The SMILES string of the molecule is O=C(O)c1cn(Cc2ccccc2)nc1Nn1c(=O)c1=O. The summed E-state index contributed by atoms with van der Waals surface area (Å²) < 4.78 is 2.14. The van der Waals surface area contributed by atoms with Crippen LogP contribution in [0, 0.1) is 0 Å². The zero-order valence-corrected chi connectivity index (χ0v) is 10.7. The van der Waals surface area contributed by atoms with Crippen LogP contribution in [0.25, 0.3) is 0 Å². The van der Waals surface area contributed by atoms with E-state index in [1.54, 1.807) is 0 Å². The van der Waals surface area contributed by atoms with E-state index in [1.807, 2.05) is 30.3 Å². The van der Waals surface area contributed by atoms with Crippen LogP contribution >= 0.6 is 0 Å². The maximum atomic E-state index is 11.2. The predicted molar refractivity (Wildman–Crippen MR) is 73.1 cm³/mol. The van der Waals surface area contributed by atoms with E-state index < -0.39 is 17.1 Å². The fourth-order valence-electron chi connectivity index (χ4n) is 1.85. The van der Waals surface area contributed by atoms with E-state index in [0.717, 1.165) is 5.56 Å². The Morgan fingerprint density at radius 2 is 1.86 bits per heavy atom. The van der Waals surface area contributed by atoms with Crippen LogP contribution in [-0.2, 0) is 6.54 Å². The third kappa shape index (κ3) is 2.46. The molecular weight excluding hydrogens is 276 g/mol. The first-order valence-electron chi connectivity index (χ1n) is 6.06. The molecule has 2 N–H and O–H groups in total. The first-order chi connectivity index (χ1) is 10.1. The molecule has 8 nitrogen and oxygen atoms in total. The summed E-state index contributed by atoms with van der Waals surface area (Å²) in [5.41, 5.74) is 1.79. The van der Waals surface area contributed by atoms with Gasteiger partial charge in [-0.25, -0.2) is 4.79 Å². The number of carboxylic acids is 1. The first-order valence-corrected chi connectivity index (χ1v) is 6.06. The van der Waals surface area contributed by atoms with Crippen LogP contribution in [0.2, 0.25) is 0 Å². The topological polar surface area (TPSA) is 106 Å². The largest absolute Gasteiger partial charge is 0.477 e. The number of nitrogens with zero attached hydrogens (tertiary/aromatic N) is 3. The Bertz CT molecular complexity index is 846. The van der Waals surface area contributed by atoms with Crippen molar-refractivity contribution in [1.29, 1.82) is 0 Å². The lowest BCUT2D eigenvalue weighted by Crippen LogP contribution is -2.11. The molecule has 21 heavy (non-hydrogen) atoms. The summed E-state index contributed by atoms with van der Waals surface area (Å²) in [4.78, 5) is 33.0. The maximum absolute atomic E-state index is 11.2. The third-order valence-electron chi connectivity index (χ3n) is 2.94. The van der Waals surface area contributed by atoms with E-state index in [9.17, 15) is 14.4 Å². The minimum absolute atomic E-state index is 0.0439. The third-order valence-corrected chi connectivity index (χ3v) is 2.94. The van der Waals surface area contributed by atoms with Crippen LogP contribution in [0.5, 0.6) is 0 Å². The van der Waals surface area contributed by atoms with Crippen molar-refractivity contribution in [3.05, 3.63) is 68.4 Å². The van der Waals surface area contributed by atoms with Gasteiger partial charge in [0.1, 0.15) is 5.56 Å². The smallest absolute Gasteiger partial charge is 0.341 e. The lowest BCUT2D eigenvalue weighted by molar-refractivity contribution is 0.0697. The monoisotopic (exact) mass is 286 g/mol. The summed E-state index contributed by atoms with van der Waals surface area (Å²) in [6, 6.07) is 9.37. The van der Waals surface area contributed by atoms with Crippen molar-refractivity contribution in [2.24, 2.45) is 0 Å². The van der Waals surface area contributed by atoms with Gasteiger partial charge in [0.25, 0.3) is 0 Å². The van der Waals surface area contributed by atoms with Gasteiger partial charge in [0.2, 0.25) is 0 Å². The molecule has 3 aromatic rings. The number of carboxylic acid groups (broad SMARTS) is 1. The highest BCUT2D eigenvalue weighted by molar-refractivity contribution is 5.92. The number of benzene rings is 1. The molecule has 0 aliphatic carbocycles. The lowest BCUT2D eigenvalue weighted by atomic mass is 10.2. The van der Waals surface area contributed by atoms with Crippen LogP contribution in [0.15, 0.2) is 46.1 Å². The lowest BCUT2D eigenvalue weighted by Gasteiger charge is -2.01. The van der Waals surface area contributed by atoms with Gasteiger partial charge >= 0.3 is 17.1 Å². The number of hydrogen-bond donors (Lipinski definition) is 2. The Kier molecular flexibility index (Phi) is 2.90. The fraction of sp³-hybridized carbons (Fsp3) is 0.0769. The van der Waals surface area contributed by atoms with E-state index in [-0.39, 0.29) is 11.4 Å². The van der Waals surface area contributed by atoms with Crippen LogP contribution < -0.4 is 16.5 Å². The van der Waals surface area contributed by atoms with Crippen molar-refractivity contribution in [1.82, 2.24) is 14.5 Å². The van der Waals surface area contributed by atoms with Gasteiger partial charge in [-0.05, 0) is 5.56 Å². The molecule has 0 atom stereocenters. The molecule has 0 radical (unpaired) electrons. The number of hydrogen-bond acceptors (Lipinski definition) is 5. The van der Waals surface area contributed by atoms with Crippen molar-refractivity contribution in [2.75, 3.05) is 5.43 Å². The molecule has 0 amide bonds. The fourth-order valence-corrected chi connectivity index (χ4v) is 1.85. The number of aromatic nitrogens is 3. The van der Waals surface area contributed by atoms with Gasteiger partial charge in [-0.3, -0.25) is 19.7 Å². The standard InChI is InChI=1S/C13H10N4O4/c18-11-12(19)17(11)15-10-9(13(20)21)7-16(14-10)6-8-4-2-1-3-5-8/h1-5,7H,6H2,(H,14,15)(H,20,21). The van der Waals surface area contributed by atoms with Crippen molar-refractivity contribution in [3.8, 4) is 0 Å². The number of aromatic carboxylic acids is 1. The number of carbonyl (C=O) groups is 1. The van der Waals surface area contributed by atoms with Crippen molar-refractivity contribution in [3.63, 3.8) is 0 Å². The first kappa shape index (κ1) is 12.9. The van der Waals surface area contributed by atoms with Crippen molar-refractivity contribution < 1.29 is 9.90 Å². The average Bonchev–Trinajstić information content (AvgIpc) is 2.88. The Morgan fingerprint density at radius 3 is 2.43 bits per heavy atom. The van der Waals surface area contributed by atoms with Gasteiger partial charge in [0.15, 0.2) is 5.82 Å². The normalized spacial score (nSPS) is 10.9. The molecule has 2 heterocycles. The van der Waals surface area contributed by atoms with Gasteiger partial charge in [-0.2, -0.15) is 9.77 Å². The minimum Gasteiger partial charge on any atom is -0.477 e. The minimum atomic E-state index is -1.20. The molecule has 2 aromatic heterocycles. The van der Waals surface area contributed by atoms with Crippen molar-refractivity contribution in [2.45, 2.75) is 6.54 Å². The summed E-state index contributed by atoms with van der Waals surface area (Å²) in [6.07, 6.45) is 1.34. The van der Waals surface area contributed by atoms with E-state index in [2.05, 4.69) is 10.5 Å².